The van der Waals surface area contributed by atoms with Crippen molar-refractivity contribution in [3.63, 3.8) is 0 Å². The van der Waals surface area contributed by atoms with Crippen molar-refractivity contribution < 1.29 is 14.3 Å². The van der Waals surface area contributed by atoms with E-state index in [2.05, 4.69) is 0 Å². The molecule has 0 aromatic heterocycles. The summed E-state index contributed by atoms with van der Waals surface area (Å²) in [4.78, 5) is 14.1. The van der Waals surface area contributed by atoms with Crippen molar-refractivity contribution in [2.24, 2.45) is 0 Å². The van der Waals surface area contributed by atoms with E-state index in [0.717, 1.165) is 16.7 Å². The Kier molecular flexibility index (Phi) is 8.18. The number of carbonyl (C=O) groups is 1. The fourth-order valence-electron chi connectivity index (χ4n) is 4.30. The highest BCUT2D eigenvalue weighted by Crippen LogP contribution is 2.40. The minimum absolute atomic E-state index is 0.0101. The van der Waals surface area contributed by atoms with Gasteiger partial charge in [0.15, 0.2) is 0 Å². The summed E-state index contributed by atoms with van der Waals surface area (Å²) in [6, 6.07) is 23.1. The third-order valence-electron chi connectivity index (χ3n) is 6.21. The monoisotopic (exact) mass is 517 g/mol. The third-order valence-corrected chi connectivity index (χ3v) is 7.20. The van der Waals surface area contributed by atoms with Crippen LogP contribution in [0, 0.1) is 0 Å². The highest BCUT2D eigenvalue weighted by Gasteiger charge is 2.47. The molecular formula is C27H26Cl3NO3. The van der Waals surface area contributed by atoms with Crippen LogP contribution in [-0.4, -0.2) is 30.0 Å². The number of rotatable bonds is 7. The van der Waals surface area contributed by atoms with E-state index in [1.165, 1.54) is 0 Å². The van der Waals surface area contributed by atoms with E-state index in [4.69, 9.17) is 44.3 Å². The molecule has 0 spiro atoms. The van der Waals surface area contributed by atoms with Gasteiger partial charge in [-0.25, -0.2) is 0 Å². The number of halogens is 3. The van der Waals surface area contributed by atoms with Gasteiger partial charge in [-0.2, -0.15) is 0 Å². The molecule has 0 N–H and O–H groups in total. The molecular weight excluding hydrogens is 493 g/mol. The molecule has 1 aliphatic heterocycles. The molecule has 1 saturated heterocycles. The maximum absolute atomic E-state index is 12.3. The molecule has 178 valence electrons. The van der Waals surface area contributed by atoms with Crippen LogP contribution >= 0.6 is 34.8 Å². The molecule has 34 heavy (non-hydrogen) atoms. The number of carbonyl (C=O) groups excluding carboxylic acids is 1. The van der Waals surface area contributed by atoms with E-state index in [1.807, 2.05) is 60.7 Å². The molecule has 0 bridgehead atoms. The van der Waals surface area contributed by atoms with Gasteiger partial charge < -0.3 is 14.4 Å². The van der Waals surface area contributed by atoms with Gasteiger partial charge in [-0.3, -0.25) is 4.79 Å². The van der Waals surface area contributed by atoms with Gasteiger partial charge in [0.1, 0.15) is 11.7 Å². The van der Waals surface area contributed by atoms with Crippen LogP contribution in [0.3, 0.4) is 0 Å². The molecule has 3 aromatic carbocycles. The second-order valence-electron chi connectivity index (χ2n) is 8.43. The molecule has 0 saturated carbocycles. The van der Waals surface area contributed by atoms with Gasteiger partial charge >= 0.3 is 0 Å². The van der Waals surface area contributed by atoms with Gasteiger partial charge in [0.2, 0.25) is 5.91 Å². The molecule has 0 aliphatic carbocycles. The second kappa shape index (κ2) is 11.1. The van der Waals surface area contributed by atoms with Gasteiger partial charge in [0.05, 0.1) is 29.8 Å². The summed E-state index contributed by atoms with van der Waals surface area (Å²) in [5.41, 5.74) is 2.16. The van der Waals surface area contributed by atoms with Crippen LogP contribution in [0.2, 0.25) is 15.1 Å². The van der Waals surface area contributed by atoms with Gasteiger partial charge in [0, 0.05) is 24.9 Å². The molecule has 3 aromatic rings. The Labute approximate surface area is 215 Å². The lowest BCUT2D eigenvalue weighted by molar-refractivity contribution is -0.195. The van der Waals surface area contributed by atoms with Gasteiger partial charge in [-0.05, 0) is 41.0 Å². The van der Waals surface area contributed by atoms with Crippen molar-refractivity contribution in [3.05, 3.63) is 105 Å². The standard InChI is InChI=1S/C27H26Cl3NO3/c1-19(32)31-14-13-27(22-8-10-23(28)11-9-22,34-18-20-5-3-2-4-6-20)26(16-31)33-17-21-7-12-24(29)25(30)15-21/h2-12,15,26H,13-14,16-18H2,1H3/t26-,27-/m0/s1. The molecule has 4 nitrogen and oxygen atoms in total. The van der Waals surface area contributed by atoms with Crippen LogP contribution in [0.15, 0.2) is 72.8 Å². The highest BCUT2D eigenvalue weighted by atomic mass is 35.5. The molecule has 7 heteroatoms. The molecule has 1 aliphatic rings. The maximum Gasteiger partial charge on any atom is 0.219 e. The quantitative estimate of drug-likeness (QED) is 0.342. The van der Waals surface area contributed by atoms with Crippen molar-refractivity contribution in [2.75, 3.05) is 13.1 Å². The summed E-state index contributed by atoms with van der Waals surface area (Å²) in [5, 5.41) is 1.62. The van der Waals surface area contributed by atoms with E-state index in [0.29, 0.717) is 47.8 Å². The molecule has 0 radical (unpaired) electrons. The Hall–Kier alpha value is -2.08. The van der Waals surface area contributed by atoms with Crippen LogP contribution < -0.4 is 0 Å². The van der Waals surface area contributed by atoms with Crippen molar-refractivity contribution >= 4 is 40.7 Å². The Balaban J connectivity index is 1.67. The lowest BCUT2D eigenvalue weighted by Crippen LogP contribution is -2.56. The van der Waals surface area contributed by atoms with E-state index < -0.39 is 11.7 Å². The minimum Gasteiger partial charge on any atom is -0.368 e. The molecule has 1 amide bonds. The predicted molar refractivity (Wildman–Crippen MR) is 136 cm³/mol. The van der Waals surface area contributed by atoms with E-state index in [9.17, 15) is 4.79 Å². The first-order valence-electron chi connectivity index (χ1n) is 11.1. The second-order valence-corrected chi connectivity index (χ2v) is 9.68. The third kappa shape index (κ3) is 5.76. The fourth-order valence-corrected chi connectivity index (χ4v) is 4.74. The lowest BCUT2D eigenvalue weighted by atomic mass is 9.81. The Morgan fingerprint density at radius 3 is 2.35 bits per heavy atom. The van der Waals surface area contributed by atoms with Crippen LogP contribution in [0.5, 0.6) is 0 Å². The van der Waals surface area contributed by atoms with E-state index in [1.54, 1.807) is 24.0 Å². The Bertz CT molecular complexity index is 1120. The summed E-state index contributed by atoms with van der Waals surface area (Å²) in [7, 11) is 0. The fraction of sp³-hybridized carbons (Fsp3) is 0.296. The van der Waals surface area contributed by atoms with Crippen LogP contribution in [-0.2, 0) is 33.1 Å². The van der Waals surface area contributed by atoms with Crippen molar-refractivity contribution in [1.82, 2.24) is 4.90 Å². The summed E-state index contributed by atoms with van der Waals surface area (Å²) in [5.74, 6) is 0.0101. The van der Waals surface area contributed by atoms with Crippen LogP contribution in [0.1, 0.15) is 30.0 Å². The SMILES string of the molecule is CC(=O)N1CC[C@](OCc2ccccc2)(c2ccc(Cl)cc2)[C@@H](OCc2ccc(Cl)c(Cl)c2)C1. The van der Waals surface area contributed by atoms with Crippen molar-refractivity contribution in [1.29, 1.82) is 0 Å². The zero-order chi connectivity index (χ0) is 24.1. The number of hydrogen-bond donors (Lipinski definition) is 0. The topological polar surface area (TPSA) is 38.8 Å². The van der Waals surface area contributed by atoms with E-state index in [-0.39, 0.29) is 5.91 Å². The molecule has 1 fully saturated rings. The van der Waals surface area contributed by atoms with Gasteiger partial charge in [0.25, 0.3) is 0 Å². The maximum atomic E-state index is 12.3. The average Bonchev–Trinajstić information content (AvgIpc) is 2.84. The van der Waals surface area contributed by atoms with Crippen molar-refractivity contribution in [3.8, 4) is 0 Å². The van der Waals surface area contributed by atoms with Crippen LogP contribution in [0.25, 0.3) is 0 Å². The van der Waals surface area contributed by atoms with Crippen molar-refractivity contribution in [2.45, 2.75) is 38.3 Å². The number of hydrogen-bond acceptors (Lipinski definition) is 3. The first-order valence-corrected chi connectivity index (χ1v) is 12.3. The number of likely N-dealkylation sites (tertiary alicyclic amines) is 1. The first-order chi connectivity index (χ1) is 16.4. The number of nitrogens with zero attached hydrogens (tertiary/aromatic N) is 1. The normalized spacial score (nSPS) is 20.4. The summed E-state index contributed by atoms with van der Waals surface area (Å²) < 4.78 is 13.2. The smallest absolute Gasteiger partial charge is 0.219 e. The molecule has 4 rings (SSSR count). The summed E-state index contributed by atoms with van der Waals surface area (Å²) >= 11 is 18.5. The largest absolute Gasteiger partial charge is 0.368 e. The van der Waals surface area contributed by atoms with Gasteiger partial charge in [-0.1, -0.05) is 83.3 Å². The number of ether oxygens (including phenoxy) is 2. The molecule has 0 unspecified atom stereocenters. The minimum atomic E-state index is -0.761. The summed E-state index contributed by atoms with van der Waals surface area (Å²) in [6.45, 7) is 3.27. The Morgan fingerprint density at radius 1 is 0.941 bits per heavy atom. The number of amides is 1. The number of piperidine rings is 1. The van der Waals surface area contributed by atoms with Crippen LogP contribution in [0.4, 0.5) is 0 Å². The van der Waals surface area contributed by atoms with Gasteiger partial charge in [-0.15, -0.1) is 0 Å². The zero-order valence-corrected chi connectivity index (χ0v) is 21.1. The average molecular weight is 519 g/mol. The first kappa shape index (κ1) is 25.0. The lowest BCUT2D eigenvalue weighted by Gasteiger charge is -2.47. The Morgan fingerprint density at radius 2 is 1.68 bits per heavy atom. The van der Waals surface area contributed by atoms with E-state index >= 15 is 0 Å². The highest BCUT2D eigenvalue weighted by molar-refractivity contribution is 6.42. The predicted octanol–water partition coefficient (Wildman–Crippen LogP) is 6.90. The summed E-state index contributed by atoms with van der Waals surface area (Å²) in [6.07, 6.45) is 0.178. The zero-order valence-electron chi connectivity index (χ0n) is 18.8. The molecule has 1 heterocycles. The molecule has 2 atom stereocenters. The number of benzene rings is 3.